The van der Waals surface area contributed by atoms with Crippen LogP contribution in [0.1, 0.15) is 181 Å². The van der Waals surface area contributed by atoms with Gasteiger partial charge in [-0.15, -0.1) is 0 Å². The lowest BCUT2D eigenvalue weighted by atomic mass is 10.1. The van der Waals surface area contributed by atoms with Crippen molar-refractivity contribution in [1.82, 2.24) is 0 Å². The first kappa shape index (κ1) is 45.1. The van der Waals surface area contributed by atoms with Gasteiger partial charge in [-0.2, -0.15) is 0 Å². The maximum absolute atomic E-state index is 12.2. The van der Waals surface area contributed by atoms with Crippen LogP contribution < -0.4 is 0 Å². The Labute approximate surface area is 292 Å². The van der Waals surface area contributed by atoms with Crippen LogP contribution in [0, 0.1) is 0 Å². The second-order valence-corrected chi connectivity index (χ2v) is 13.0. The first-order valence-electron chi connectivity index (χ1n) is 19.9. The van der Waals surface area contributed by atoms with Gasteiger partial charge >= 0.3 is 5.97 Å². The lowest BCUT2D eigenvalue weighted by Gasteiger charge is -2.15. The number of hydrogen-bond donors (Lipinski definition) is 1. The summed E-state index contributed by atoms with van der Waals surface area (Å²) in [5.41, 5.74) is 0. The molecule has 0 bridgehead atoms. The van der Waals surface area contributed by atoms with Crippen molar-refractivity contribution in [1.29, 1.82) is 0 Å². The number of rotatable bonds is 36. The number of hydrogen-bond acceptors (Lipinski definition) is 4. The van der Waals surface area contributed by atoms with Crippen molar-refractivity contribution in [3.63, 3.8) is 0 Å². The molecule has 0 saturated carbocycles. The quantitative estimate of drug-likeness (QED) is 0.0414. The zero-order chi connectivity index (χ0) is 34.1. The van der Waals surface area contributed by atoms with Crippen molar-refractivity contribution in [2.75, 3.05) is 19.8 Å². The fourth-order valence-corrected chi connectivity index (χ4v) is 5.37. The van der Waals surface area contributed by atoms with Crippen molar-refractivity contribution >= 4 is 5.97 Å². The van der Waals surface area contributed by atoms with E-state index in [4.69, 9.17) is 9.47 Å². The molecule has 0 aromatic heterocycles. The maximum Gasteiger partial charge on any atom is 0.306 e. The molecule has 1 atom stereocenters. The van der Waals surface area contributed by atoms with Gasteiger partial charge in [-0.3, -0.25) is 4.79 Å². The summed E-state index contributed by atoms with van der Waals surface area (Å²) in [4.78, 5) is 12.2. The third-order valence-corrected chi connectivity index (χ3v) is 8.33. The van der Waals surface area contributed by atoms with Crippen LogP contribution in [0.2, 0.25) is 0 Å². The molecule has 0 aliphatic rings. The topological polar surface area (TPSA) is 55.8 Å². The van der Waals surface area contributed by atoms with Crippen LogP contribution in [0.25, 0.3) is 0 Å². The normalized spacial score (nSPS) is 13.0. The molecule has 47 heavy (non-hydrogen) atoms. The van der Waals surface area contributed by atoms with Crippen LogP contribution in [-0.2, 0) is 14.3 Å². The smallest absolute Gasteiger partial charge is 0.306 e. The fourth-order valence-electron chi connectivity index (χ4n) is 5.37. The van der Waals surface area contributed by atoms with Gasteiger partial charge in [0.1, 0.15) is 6.10 Å². The summed E-state index contributed by atoms with van der Waals surface area (Å²) >= 11 is 0. The predicted molar refractivity (Wildman–Crippen MR) is 205 cm³/mol. The molecule has 0 aliphatic heterocycles. The van der Waals surface area contributed by atoms with Gasteiger partial charge in [-0.05, 0) is 77.0 Å². The molecule has 0 aromatic rings. The van der Waals surface area contributed by atoms with E-state index in [1.807, 2.05) is 0 Å². The largest absolute Gasteiger partial charge is 0.457 e. The monoisotopic (exact) mass is 657 g/mol. The van der Waals surface area contributed by atoms with E-state index in [2.05, 4.69) is 74.6 Å². The first-order valence-corrected chi connectivity index (χ1v) is 19.9. The lowest BCUT2D eigenvalue weighted by Crippen LogP contribution is -2.27. The molecule has 272 valence electrons. The molecule has 0 radical (unpaired) electrons. The lowest BCUT2D eigenvalue weighted by molar-refractivity contribution is -0.154. The zero-order valence-electron chi connectivity index (χ0n) is 31.0. The molecule has 0 aliphatic carbocycles. The highest BCUT2D eigenvalue weighted by Gasteiger charge is 2.13. The van der Waals surface area contributed by atoms with Gasteiger partial charge in [0.05, 0.1) is 13.2 Å². The minimum atomic E-state index is -0.545. The Bertz CT molecular complexity index is 779. The highest BCUT2D eigenvalue weighted by Crippen LogP contribution is 2.13. The van der Waals surface area contributed by atoms with Crippen molar-refractivity contribution in [2.45, 2.75) is 187 Å². The molecule has 0 spiro atoms. The Morgan fingerprint density at radius 2 is 0.957 bits per heavy atom. The van der Waals surface area contributed by atoms with E-state index in [1.165, 1.54) is 109 Å². The van der Waals surface area contributed by atoms with Crippen LogP contribution in [0.4, 0.5) is 0 Å². The van der Waals surface area contributed by atoms with Crippen LogP contribution in [0.5, 0.6) is 0 Å². The van der Waals surface area contributed by atoms with Gasteiger partial charge < -0.3 is 14.6 Å². The van der Waals surface area contributed by atoms with Gasteiger partial charge in [-0.1, -0.05) is 158 Å². The van der Waals surface area contributed by atoms with E-state index in [0.717, 1.165) is 51.4 Å². The van der Waals surface area contributed by atoms with Gasteiger partial charge in [0.15, 0.2) is 0 Å². The number of esters is 1. The first-order chi connectivity index (χ1) is 23.2. The third-order valence-electron chi connectivity index (χ3n) is 8.33. The van der Waals surface area contributed by atoms with E-state index in [9.17, 15) is 9.90 Å². The fraction of sp³-hybridized carbons (Fsp3) is 0.744. The minimum Gasteiger partial charge on any atom is -0.457 e. The molecule has 1 N–H and O–H groups in total. The van der Waals surface area contributed by atoms with Gasteiger partial charge in [0, 0.05) is 13.0 Å². The van der Waals surface area contributed by atoms with E-state index in [-0.39, 0.29) is 19.2 Å². The van der Waals surface area contributed by atoms with E-state index >= 15 is 0 Å². The molecule has 4 nitrogen and oxygen atoms in total. The second-order valence-electron chi connectivity index (χ2n) is 13.0. The molecular weight excluding hydrogens is 580 g/mol. The summed E-state index contributed by atoms with van der Waals surface area (Å²) in [5, 5.41) is 9.58. The molecular formula is C43H76O4. The molecule has 0 aromatic carbocycles. The van der Waals surface area contributed by atoms with Crippen LogP contribution in [-0.4, -0.2) is 37.0 Å². The van der Waals surface area contributed by atoms with E-state index < -0.39 is 6.10 Å². The standard InChI is InChI=1S/C43H76O4/c1-3-5-7-9-11-13-15-17-19-21-22-23-24-26-28-30-32-34-36-38-43(45)47-42(40-44)41-46-39-37-35-33-31-29-27-25-20-18-16-14-12-10-8-6-4-2/h6,8,11-14,17-20,42,44H,3-5,7,9-10,15-16,21-41H2,1-2H3/b8-6-,13-11-,14-12-,19-17-,20-18-. The van der Waals surface area contributed by atoms with Crippen molar-refractivity contribution in [2.24, 2.45) is 0 Å². The number of ether oxygens (including phenoxy) is 2. The number of carbonyl (C=O) groups is 1. The van der Waals surface area contributed by atoms with Crippen LogP contribution in [0.15, 0.2) is 60.8 Å². The average Bonchev–Trinajstić information content (AvgIpc) is 3.08. The Morgan fingerprint density at radius 1 is 0.532 bits per heavy atom. The zero-order valence-corrected chi connectivity index (χ0v) is 31.0. The van der Waals surface area contributed by atoms with Gasteiger partial charge in [0.25, 0.3) is 0 Å². The SMILES string of the molecule is CC/C=C\C/C=C\C/C=C\CCCCCCCCOCC(CO)OC(=O)CCCCCCCCCCC/C=C\C/C=C\CCCCC. The van der Waals surface area contributed by atoms with E-state index in [1.54, 1.807) is 0 Å². The number of aliphatic hydroxyl groups is 1. The van der Waals surface area contributed by atoms with Gasteiger partial charge in [-0.25, -0.2) is 0 Å². The van der Waals surface area contributed by atoms with Crippen molar-refractivity contribution in [3.05, 3.63) is 60.8 Å². The molecule has 0 amide bonds. The predicted octanol–water partition coefficient (Wildman–Crippen LogP) is 12.9. The Balaban J connectivity index is 3.48. The summed E-state index contributed by atoms with van der Waals surface area (Å²) in [6.45, 7) is 5.18. The number of unbranched alkanes of at least 4 members (excludes halogenated alkanes) is 18. The molecule has 0 heterocycles. The van der Waals surface area contributed by atoms with E-state index in [0.29, 0.717) is 13.0 Å². The summed E-state index contributed by atoms with van der Waals surface area (Å²) in [6, 6.07) is 0. The Morgan fingerprint density at radius 3 is 1.45 bits per heavy atom. The molecule has 0 saturated heterocycles. The maximum atomic E-state index is 12.2. The minimum absolute atomic E-state index is 0.181. The molecule has 0 rings (SSSR count). The number of carbonyl (C=O) groups excluding carboxylic acids is 1. The Hall–Kier alpha value is -1.91. The summed E-state index contributed by atoms with van der Waals surface area (Å²) in [6.07, 6.45) is 52.6. The van der Waals surface area contributed by atoms with Crippen LogP contribution >= 0.6 is 0 Å². The molecule has 0 fully saturated rings. The molecule has 1 unspecified atom stereocenters. The third kappa shape index (κ3) is 38.4. The average molecular weight is 657 g/mol. The van der Waals surface area contributed by atoms with Crippen molar-refractivity contribution < 1.29 is 19.4 Å². The number of aliphatic hydroxyl groups excluding tert-OH is 1. The summed E-state index contributed by atoms with van der Waals surface area (Å²) in [5.74, 6) is -0.212. The highest BCUT2D eigenvalue weighted by atomic mass is 16.6. The number of allylic oxidation sites excluding steroid dienone is 10. The van der Waals surface area contributed by atoms with Gasteiger partial charge in [0.2, 0.25) is 0 Å². The second kappa shape index (κ2) is 40.3. The summed E-state index contributed by atoms with van der Waals surface area (Å²) in [7, 11) is 0. The summed E-state index contributed by atoms with van der Waals surface area (Å²) < 4.78 is 11.1. The van der Waals surface area contributed by atoms with Crippen LogP contribution in [0.3, 0.4) is 0 Å². The van der Waals surface area contributed by atoms with Crippen molar-refractivity contribution in [3.8, 4) is 0 Å². The Kier molecular flexibility index (Phi) is 38.6. The highest BCUT2D eigenvalue weighted by molar-refractivity contribution is 5.69. The molecule has 4 heteroatoms.